The maximum Gasteiger partial charge on any atom is 0.143 e. The molecule has 0 spiro atoms. The van der Waals surface area contributed by atoms with Gasteiger partial charge in [-0.15, -0.1) is 11.3 Å². The quantitative estimate of drug-likeness (QED) is 0.183. The fraction of sp³-hybridized carbons (Fsp3) is 0.0811. The van der Waals surface area contributed by atoms with Gasteiger partial charge in [0.25, 0.3) is 0 Å². The van der Waals surface area contributed by atoms with Gasteiger partial charge in [-0.3, -0.25) is 0 Å². The molecule has 0 radical (unpaired) electrons. The van der Waals surface area contributed by atoms with Crippen LogP contribution < -0.4 is 0 Å². The van der Waals surface area contributed by atoms with Crippen molar-refractivity contribution in [1.82, 2.24) is 0 Å². The largest absolute Gasteiger partial charge is 0.455 e. The van der Waals surface area contributed by atoms with E-state index in [0.29, 0.717) is 0 Å². The van der Waals surface area contributed by atoms with Gasteiger partial charge in [0, 0.05) is 47.1 Å². The van der Waals surface area contributed by atoms with E-state index in [1.165, 1.54) is 85.5 Å². The molecule has 0 atom stereocenters. The van der Waals surface area contributed by atoms with Gasteiger partial charge in [0.2, 0.25) is 0 Å². The van der Waals surface area contributed by atoms with Crippen molar-refractivity contribution in [3.63, 3.8) is 0 Å². The summed E-state index contributed by atoms with van der Waals surface area (Å²) in [4.78, 5) is 0. The summed E-state index contributed by atoms with van der Waals surface area (Å²) in [5.74, 6) is 0. The molecule has 1 aliphatic rings. The van der Waals surface area contributed by atoms with Crippen LogP contribution in [0.1, 0.15) is 25.0 Å². The van der Waals surface area contributed by atoms with Crippen LogP contribution in [0.2, 0.25) is 0 Å². The Bertz CT molecular complexity index is 2520. The molecule has 0 aliphatic heterocycles. The van der Waals surface area contributed by atoms with Crippen molar-refractivity contribution in [1.29, 1.82) is 0 Å². The van der Waals surface area contributed by atoms with Gasteiger partial charge in [-0.1, -0.05) is 86.6 Å². The van der Waals surface area contributed by atoms with Crippen molar-refractivity contribution in [2.24, 2.45) is 0 Å². The number of rotatable bonds is 0. The Balaban J connectivity index is 1.58. The molecule has 1 nitrogen and oxygen atoms in total. The maximum atomic E-state index is 6.80. The molecule has 0 unspecified atom stereocenters. The van der Waals surface area contributed by atoms with E-state index >= 15 is 0 Å². The first kappa shape index (κ1) is 20.5. The second-order valence-corrected chi connectivity index (χ2v) is 12.7. The minimum atomic E-state index is -0.121. The van der Waals surface area contributed by atoms with Crippen LogP contribution in [0, 0.1) is 0 Å². The van der Waals surface area contributed by atoms with Crippen molar-refractivity contribution < 1.29 is 4.42 Å². The first-order valence-corrected chi connectivity index (χ1v) is 14.4. The number of hydrogen-bond acceptors (Lipinski definition) is 2. The summed E-state index contributed by atoms with van der Waals surface area (Å²) in [6.07, 6.45) is 0. The van der Waals surface area contributed by atoms with E-state index in [0.717, 1.165) is 11.2 Å². The molecule has 0 saturated carbocycles. The Morgan fingerprint density at radius 2 is 1.36 bits per heavy atom. The van der Waals surface area contributed by atoms with E-state index in [4.69, 9.17) is 4.42 Å². The van der Waals surface area contributed by atoms with Gasteiger partial charge in [0.1, 0.15) is 11.2 Å². The fourth-order valence-corrected chi connectivity index (χ4v) is 8.96. The summed E-state index contributed by atoms with van der Waals surface area (Å²) >= 11 is 1.88. The molecular formula is C37H22OS. The average Bonchev–Trinajstić information content (AvgIpc) is 3.60. The smallest absolute Gasteiger partial charge is 0.143 e. The molecule has 0 bridgehead atoms. The molecule has 0 fully saturated rings. The van der Waals surface area contributed by atoms with Crippen LogP contribution in [-0.2, 0) is 5.41 Å². The van der Waals surface area contributed by atoms with Gasteiger partial charge in [0.05, 0.1) is 0 Å². The lowest BCUT2D eigenvalue weighted by Crippen LogP contribution is -2.15. The molecule has 7 aromatic carbocycles. The summed E-state index contributed by atoms with van der Waals surface area (Å²) in [5, 5.41) is 13.1. The standard InChI is InChI=1S/C37H22OS/c1-37(2)26-12-6-3-9-20(26)24-17-19-15-16-23-31-22-11-5-8-14-28(22)39-29(31)18-25-32(23)30(19)34(35(24)37)33-21-10-4-7-13-27(21)38-36(25)33/h3-18H,1-2H3. The highest BCUT2D eigenvalue weighted by molar-refractivity contribution is 7.26. The lowest BCUT2D eigenvalue weighted by atomic mass is 9.77. The van der Waals surface area contributed by atoms with Crippen LogP contribution in [-0.4, -0.2) is 0 Å². The zero-order valence-electron chi connectivity index (χ0n) is 21.6. The summed E-state index contributed by atoms with van der Waals surface area (Å²) in [7, 11) is 0. The molecule has 1 aliphatic carbocycles. The van der Waals surface area contributed by atoms with Crippen LogP contribution >= 0.6 is 11.3 Å². The Morgan fingerprint density at radius 3 is 2.28 bits per heavy atom. The van der Waals surface area contributed by atoms with Crippen LogP contribution in [0.5, 0.6) is 0 Å². The Morgan fingerprint density at radius 1 is 0.564 bits per heavy atom. The summed E-state index contributed by atoms with van der Waals surface area (Å²) in [6.45, 7) is 4.79. The zero-order chi connectivity index (χ0) is 25.6. The van der Waals surface area contributed by atoms with Crippen LogP contribution in [0.15, 0.2) is 101 Å². The third kappa shape index (κ3) is 2.27. The lowest BCUT2D eigenvalue weighted by molar-refractivity contribution is 0.666. The minimum absolute atomic E-state index is 0.121. The van der Waals surface area contributed by atoms with Gasteiger partial charge < -0.3 is 4.42 Å². The van der Waals surface area contributed by atoms with Crippen LogP contribution in [0.25, 0.3) is 85.6 Å². The van der Waals surface area contributed by atoms with Gasteiger partial charge in [-0.05, 0) is 68.1 Å². The first-order valence-electron chi connectivity index (χ1n) is 13.6. The predicted molar refractivity (Wildman–Crippen MR) is 168 cm³/mol. The van der Waals surface area contributed by atoms with E-state index in [1.807, 2.05) is 11.3 Å². The van der Waals surface area contributed by atoms with E-state index in [9.17, 15) is 0 Å². The molecule has 0 N–H and O–H groups in total. The molecule has 182 valence electrons. The van der Waals surface area contributed by atoms with Crippen molar-refractivity contribution in [2.45, 2.75) is 19.3 Å². The van der Waals surface area contributed by atoms with Gasteiger partial charge >= 0.3 is 0 Å². The number of hydrogen-bond donors (Lipinski definition) is 0. The summed E-state index contributed by atoms with van der Waals surface area (Å²) < 4.78 is 9.46. The number of fused-ring (bicyclic) bond motifs is 13. The van der Waals surface area contributed by atoms with Gasteiger partial charge in [0.15, 0.2) is 0 Å². The highest BCUT2D eigenvalue weighted by Gasteiger charge is 2.38. The van der Waals surface area contributed by atoms with Crippen molar-refractivity contribution >= 4 is 85.8 Å². The maximum absolute atomic E-state index is 6.80. The lowest BCUT2D eigenvalue weighted by Gasteiger charge is -2.25. The zero-order valence-corrected chi connectivity index (χ0v) is 22.4. The number of thiophene rings is 1. The predicted octanol–water partition coefficient (Wildman–Crippen LogP) is 11.2. The molecule has 2 heterocycles. The molecule has 0 saturated heterocycles. The highest BCUT2D eigenvalue weighted by Crippen LogP contribution is 2.57. The Labute approximate surface area is 228 Å². The van der Waals surface area contributed by atoms with E-state index in [2.05, 4.69) is 111 Å². The van der Waals surface area contributed by atoms with E-state index < -0.39 is 0 Å². The molecule has 0 amide bonds. The molecule has 10 rings (SSSR count). The Kier molecular flexibility index (Phi) is 3.47. The van der Waals surface area contributed by atoms with Gasteiger partial charge in [-0.2, -0.15) is 0 Å². The normalized spacial score (nSPS) is 14.6. The van der Waals surface area contributed by atoms with Crippen molar-refractivity contribution in [2.75, 3.05) is 0 Å². The average molecular weight is 515 g/mol. The van der Waals surface area contributed by atoms with Crippen LogP contribution in [0.3, 0.4) is 0 Å². The van der Waals surface area contributed by atoms with Gasteiger partial charge in [-0.25, -0.2) is 0 Å². The van der Waals surface area contributed by atoms with E-state index in [-0.39, 0.29) is 5.41 Å². The highest BCUT2D eigenvalue weighted by atomic mass is 32.1. The molecule has 2 heteroatoms. The Hall–Kier alpha value is -4.40. The van der Waals surface area contributed by atoms with Crippen molar-refractivity contribution in [3.8, 4) is 11.1 Å². The molecule has 39 heavy (non-hydrogen) atoms. The van der Waals surface area contributed by atoms with Crippen molar-refractivity contribution in [3.05, 3.63) is 108 Å². The first-order chi connectivity index (χ1) is 19.1. The number of furan rings is 1. The summed E-state index contributed by atoms with van der Waals surface area (Å²) in [6, 6.07) is 36.0. The molecule has 2 aromatic heterocycles. The third-order valence-corrected chi connectivity index (χ3v) is 10.5. The molecule has 9 aromatic rings. The molecular weight excluding hydrogens is 492 g/mol. The van der Waals surface area contributed by atoms with Crippen LogP contribution in [0.4, 0.5) is 0 Å². The third-order valence-electron chi connectivity index (χ3n) is 9.35. The number of para-hydroxylation sites is 1. The fourth-order valence-electron chi connectivity index (χ4n) is 7.80. The monoisotopic (exact) mass is 514 g/mol. The van der Waals surface area contributed by atoms with E-state index in [1.54, 1.807) is 0 Å². The second-order valence-electron chi connectivity index (χ2n) is 11.6. The second kappa shape index (κ2) is 6.59. The topological polar surface area (TPSA) is 13.1 Å². The minimum Gasteiger partial charge on any atom is -0.455 e. The SMILES string of the molecule is CC1(C)c2ccccc2-c2cc3ccc4c5c(cc6c7oc8ccccc8c7c(c21)c3c64)sc1ccccc15. The number of benzene rings is 7. The summed E-state index contributed by atoms with van der Waals surface area (Å²) in [5.41, 5.74) is 7.40.